The predicted molar refractivity (Wildman–Crippen MR) is 260 cm³/mol. The number of para-hydroxylation sites is 1. The van der Waals surface area contributed by atoms with Crippen LogP contribution in [-0.4, -0.2) is 14.1 Å². The van der Waals surface area contributed by atoms with E-state index in [0.717, 1.165) is 56.4 Å². The van der Waals surface area contributed by atoms with Crippen LogP contribution in [0.4, 0.5) is 0 Å². The summed E-state index contributed by atoms with van der Waals surface area (Å²) in [4.78, 5) is 4.99. The van der Waals surface area contributed by atoms with Crippen molar-refractivity contribution in [3.05, 3.63) is 198 Å². The third-order valence-electron chi connectivity index (χ3n) is 12.6. The lowest BCUT2D eigenvalue weighted by Gasteiger charge is -2.26. The topological polar surface area (TPSA) is 35.9 Å². The van der Waals surface area contributed by atoms with Crippen molar-refractivity contribution >= 4 is 21.8 Å². The maximum atomic E-state index is 7.00. The first-order chi connectivity index (χ1) is 30.1. The van der Waals surface area contributed by atoms with E-state index in [0.29, 0.717) is 5.92 Å². The summed E-state index contributed by atoms with van der Waals surface area (Å²) in [6.07, 6.45) is 7.90. The molecule has 0 saturated carbocycles. The molecule has 0 aliphatic heterocycles. The maximum absolute atomic E-state index is 7.00. The van der Waals surface area contributed by atoms with Crippen molar-refractivity contribution in [2.45, 2.75) is 91.4 Å². The van der Waals surface area contributed by atoms with Gasteiger partial charge in [-0.2, -0.15) is 0 Å². The van der Waals surface area contributed by atoms with Gasteiger partial charge in [0.15, 0.2) is 0 Å². The van der Waals surface area contributed by atoms with Gasteiger partial charge in [0.1, 0.15) is 17.3 Å². The number of hydrogen-bond donors (Lipinski definition) is 0. The van der Waals surface area contributed by atoms with Gasteiger partial charge in [0, 0.05) is 34.6 Å². The first-order valence-electron chi connectivity index (χ1n) is 22.2. The third kappa shape index (κ3) is 7.97. The molecule has 0 aliphatic rings. The van der Waals surface area contributed by atoms with Crippen molar-refractivity contribution < 1.29 is 9.30 Å². The number of pyridine rings is 1. The van der Waals surface area contributed by atoms with E-state index in [2.05, 4.69) is 247 Å². The number of nitrogens with zero attached hydrogens (tertiary/aromatic N) is 4. The van der Waals surface area contributed by atoms with Crippen LogP contribution >= 0.6 is 0 Å². The minimum atomic E-state index is -0.218. The fraction of sp³-hybridized carbons (Fsp3) is 0.241. The lowest BCUT2D eigenvalue weighted by molar-refractivity contribution is -0.611. The normalized spacial score (nSPS) is 12.4. The molecular formula is C58H58N4O. The summed E-state index contributed by atoms with van der Waals surface area (Å²) in [7, 11) is 0. The highest BCUT2D eigenvalue weighted by atomic mass is 16.5. The highest BCUT2D eigenvalue weighted by Gasteiger charge is 2.26. The number of hydrogen-bond acceptors (Lipinski definition) is 2. The van der Waals surface area contributed by atoms with Gasteiger partial charge in [-0.1, -0.05) is 154 Å². The van der Waals surface area contributed by atoms with Crippen LogP contribution in [0.15, 0.2) is 164 Å². The van der Waals surface area contributed by atoms with Crippen molar-refractivity contribution in [3.63, 3.8) is 0 Å². The lowest BCUT2D eigenvalue weighted by atomic mass is 9.78. The molecule has 316 valence electrons. The zero-order valence-electron chi connectivity index (χ0n) is 38.4. The second-order valence-electron chi connectivity index (χ2n) is 19.9. The van der Waals surface area contributed by atoms with Gasteiger partial charge in [-0.05, 0) is 111 Å². The zero-order valence-corrected chi connectivity index (χ0v) is 38.4. The first-order valence-corrected chi connectivity index (χ1v) is 22.2. The molecule has 5 heteroatoms. The molecule has 0 fully saturated rings. The van der Waals surface area contributed by atoms with Gasteiger partial charge < -0.3 is 4.74 Å². The second-order valence-corrected chi connectivity index (χ2v) is 19.9. The molecule has 0 spiro atoms. The number of benzene rings is 6. The van der Waals surface area contributed by atoms with Crippen molar-refractivity contribution in [2.24, 2.45) is 0 Å². The van der Waals surface area contributed by atoms with Crippen LogP contribution in [-0.2, 0) is 16.2 Å². The standard InChI is InChI=1S/C58H58N4O/c1-39(2)48-20-14-15-21-49(48)40-32-45(60-37-54(57(6,7)8)61(38-60)44-26-24-41(25-27-44)56(3,4)5)35-47(33-40)63-46-28-29-51-50-22-16-17-23-52(50)62(53(51)36-46)55-34-43(30-31-59-55)58(9,10)42-18-12-11-13-19-42/h11-37,39H,1-10H3. The zero-order chi connectivity index (χ0) is 44.3. The SMILES string of the molecule is CC(C)c1ccccc1-c1cc(Oc2ccc3c4ccccc4n(-c4cc(C(C)(C)c5ccccc5)ccn4)c3c2)cc(-n2[c-][n+](-c3ccc(C(C)(C)C)cc3)c(C(C)(C)C)c2)c1. The van der Waals surface area contributed by atoms with Gasteiger partial charge in [-0.15, -0.1) is 0 Å². The summed E-state index contributed by atoms with van der Waals surface area (Å²) in [6, 6.07) is 54.3. The largest absolute Gasteiger partial charge is 0.458 e. The molecule has 0 amide bonds. The molecule has 0 atom stereocenters. The summed E-state index contributed by atoms with van der Waals surface area (Å²) >= 11 is 0. The Bertz CT molecular complexity index is 3100. The van der Waals surface area contributed by atoms with Crippen LogP contribution in [0.2, 0.25) is 0 Å². The number of rotatable bonds is 9. The van der Waals surface area contributed by atoms with E-state index in [1.807, 2.05) is 6.20 Å². The van der Waals surface area contributed by atoms with Gasteiger partial charge in [0.05, 0.1) is 28.1 Å². The fourth-order valence-corrected chi connectivity index (χ4v) is 8.89. The molecule has 0 saturated heterocycles. The molecule has 9 aromatic rings. The fourth-order valence-electron chi connectivity index (χ4n) is 8.89. The number of fused-ring (bicyclic) bond motifs is 3. The second kappa shape index (κ2) is 15.9. The summed E-state index contributed by atoms with van der Waals surface area (Å²) in [5.41, 5.74) is 12.4. The smallest absolute Gasteiger partial charge is 0.269 e. The van der Waals surface area contributed by atoms with Gasteiger partial charge >= 0.3 is 0 Å². The highest BCUT2D eigenvalue weighted by molar-refractivity contribution is 6.09. The van der Waals surface area contributed by atoms with Crippen LogP contribution in [0.1, 0.15) is 103 Å². The highest BCUT2D eigenvalue weighted by Crippen LogP contribution is 2.39. The first kappa shape index (κ1) is 41.6. The van der Waals surface area contributed by atoms with Gasteiger partial charge in [-0.3, -0.25) is 13.7 Å². The van der Waals surface area contributed by atoms with E-state index in [4.69, 9.17) is 9.72 Å². The summed E-state index contributed by atoms with van der Waals surface area (Å²) < 4.78 is 13.6. The van der Waals surface area contributed by atoms with Crippen molar-refractivity contribution in [2.75, 3.05) is 0 Å². The monoisotopic (exact) mass is 826 g/mol. The molecule has 3 heterocycles. The van der Waals surface area contributed by atoms with Crippen LogP contribution in [0.3, 0.4) is 0 Å². The molecule has 63 heavy (non-hydrogen) atoms. The molecule has 0 aliphatic carbocycles. The summed E-state index contributed by atoms with van der Waals surface area (Å²) in [5, 5.41) is 2.31. The molecule has 9 rings (SSSR count). The summed E-state index contributed by atoms with van der Waals surface area (Å²) in [6.45, 7) is 22.6. The minimum absolute atomic E-state index is 0.0671. The van der Waals surface area contributed by atoms with E-state index in [9.17, 15) is 0 Å². The Labute approximate surface area is 373 Å². The van der Waals surface area contributed by atoms with Crippen LogP contribution < -0.4 is 9.30 Å². The summed E-state index contributed by atoms with van der Waals surface area (Å²) in [5.74, 6) is 2.70. The Morgan fingerprint density at radius 2 is 1.29 bits per heavy atom. The van der Waals surface area contributed by atoms with E-state index in [1.165, 1.54) is 33.2 Å². The molecule has 3 aromatic heterocycles. The van der Waals surface area contributed by atoms with E-state index >= 15 is 0 Å². The van der Waals surface area contributed by atoms with Gasteiger partial charge in [0.25, 0.3) is 6.33 Å². The molecule has 0 bridgehead atoms. The molecule has 6 aromatic carbocycles. The predicted octanol–water partition coefficient (Wildman–Crippen LogP) is 14.5. The molecule has 0 unspecified atom stereocenters. The average Bonchev–Trinajstić information content (AvgIpc) is 3.87. The number of ether oxygens (including phenoxy) is 1. The lowest BCUT2D eigenvalue weighted by Crippen LogP contribution is -2.38. The molecular weight excluding hydrogens is 769 g/mol. The number of aromatic nitrogens is 4. The van der Waals surface area contributed by atoms with E-state index in [-0.39, 0.29) is 16.2 Å². The van der Waals surface area contributed by atoms with Crippen molar-refractivity contribution in [1.82, 2.24) is 14.1 Å². The Kier molecular flexibility index (Phi) is 10.5. The molecule has 0 radical (unpaired) electrons. The van der Waals surface area contributed by atoms with Crippen LogP contribution in [0.5, 0.6) is 11.5 Å². The number of imidazole rings is 1. The average molecular weight is 827 g/mol. The van der Waals surface area contributed by atoms with Crippen LogP contribution in [0.25, 0.3) is 50.1 Å². The molecule has 5 nitrogen and oxygen atoms in total. The minimum Gasteiger partial charge on any atom is -0.458 e. The van der Waals surface area contributed by atoms with E-state index in [1.54, 1.807) is 0 Å². The Hall–Kier alpha value is -6.72. The third-order valence-corrected chi connectivity index (χ3v) is 12.6. The molecule has 0 N–H and O–H groups in total. The Balaban J connectivity index is 1.18. The Morgan fingerprint density at radius 1 is 0.587 bits per heavy atom. The Morgan fingerprint density at radius 3 is 2.02 bits per heavy atom. The van der Waals surface area contributed by atoms with E-state index < -0.39 is 0 Å². The van der Waals surface area contributed by atoms with Gasteiger partial charge in [0.2, 0.25) is 0 Å². The maximum Gasteiger partial charge on any atom is 0.269 e. The van der Waals surface area contributed by atoms with Crippen LogP contribution in [0, 0.1) is 6.33 Å². The van der Waals surface area contributed by atoms with Crippen molar-refractivity contribution in [1.29, 1.82) is 0 Å². The quantitative estimate of drug-likeness (QED) is 0.107. The van der Waals surface area contributed by atoms with Crippen molar-refractivity contribution in [3.8, 4) is 39.8 Å². The van der Waals surface area contributed by atoms with Gasteiger partial charge in [-0.25, -0.2) is 4.98 Å².